The lowest BCUT2D eigenvalue weighted by Gasteiger charge is -2.23. The van der Waals surface area contributed by atoms with E-state index in [0.717, 1.165) is 25.2 Å². The highest BCUT2D eigenvalue weighted by Crippen LogP contribution is 2.24. The lowest BCUT2D eigenvalue weighted by molar-refractivity contribution is 0.290. The van der Waals surface area contributed by atoms with Crippen LogP contribution in [0.3, 0.4) is 0 Å². The Morgan fingerprint density at radius 2 is 1.70 bits per heavy atom. The minimum Gasteiger partial charge on any atom is -0.372 e. The molecule has 0 amide bonds. The molecule has 0 aliphatic carbocycles. The molecule has 0 radical (unpaired) electrons. The third-order valence-corrected chi connectivity index (χ3v) is 3.82. The monoisotopic (exact) mass is 269 g/mol. The largest absolute Gasteiger partial charge is 0.372 e. The summed E-state index contributed by atoms with van der Waals surface area (Å²) in [5.74, 6) is 0. The SMILES string of the molecule is CC(=C(C#N)C#N)/C(C#N)=C(\C)N1CCC(N(C)C)C1. The van der Waals surface area contributed by atoms with Crippen LogP contribution in [0.15, 0.2) is 22.4 Å². The zero-order chi connectivity index (χ0) is 15.3. The van der Waals surface area contributed by atoms with Gasteiger partial charge >= 0.3 is 0 Å². The van der Waals surface area contributed by atoms with Crippen LogP contribution in [0, 0.1) is 34.0 Å². The molecule has 1 atom stereocenters. The molecule has 0 spiro atoms. The van der Waals surface area contributed by atoms with Crippen molar-refractivity contribution in [2.24, 2.45) is 0 Å². The number of allylic oxidation sites excluding steroid dienone is 4. The Hall–Kier alpha value is -2.29. The van der Waals surface area contributed by atoms with Crippen LogP contribution in [-0.4, -0.2) is 43.0 Å². The first kappa shape index (κ1) is 15.8. The molecule has 5 heteroatoms. The van der Waals surface area contributed by atoms with E-state index in [-0.39, 0.29) is 5.57 Å². The molecule has 5 nitrogen and oxygen atoms in total. The lowest BCUT2D eigenvalue weighted by atomic mass is 10.0. The summed E-state index contributed by atoms with van der Waals surface area (Å²) in [7, 11) is 4.10. The molecule has 1 rings (SSSR count). The van der Waals surface area contributed by atoms with Gasteiger partial charge in [0, 0.05) is 24.8 Å². The van der Waals surface area contributed by atoms with Gasteiger partial charge in [0.05, 0.1) is 5.57 Å². The van der Waals surface area contributed by atoms with E-state index in [2.05, 4.69) is 15.9 Å². The Kier molecular flexibility index (Phi) is 5.32. The summed E-state index contributed by atoms with van der Waals surface area (Å²) in [5.41, 5.74) is 1.74. The van der Waals surface area contributed by atoms with Gasteiger partial charge in [-0.2, -0.15) is 15.8 Å². The minimum absolute atomic E-state index is 0.00394. The standard InChI is InChI=1S/C15H19N5/c1-11(13(7-16)8-17)15(9-18)12(2)20-6-5-14(10-20)19(3)4/h14H,5-6,10H2,1-4H3/b15-12+. The Bertz CT molecular complexity index is 547. The molecule has 1 heterocycles. The van der Waals surface area contributed by atoms with Crippen LogP contribution in [0.25, 0.3) is 0 Å². The van der Waals surface area contributed by atoms with E-state index < -0.39 is 0 Å². The van der Waals surface area contributed by atoms with Crippen LogP contribution in [0.5, 0.6) is 0 Å². The molecule has 0 aromatic carbocycles. The normalized spacial score (nSPS) is 18.9. The Morgan fingerprint density at radius 3 is 2.10 bits per heavy atom. The predicted molar refractivity (Wildman–Crippen MR) is 75.9 cm³/mol. The van der Waals surface area contributed by atoms with Crippen LogP contribution in [0.4, 0.5) is 0 Å². The van der Waals surface area contributed by atoms with Gasteiger partial charge in [0.25, 0.3) is 0 Å². The second kappa shape index (κ2) is 6.75. The van der Waals surface area contributed by atoms with Crippen molar-refractivity contribution in [3.8, 4) is 18.2 Å². The van der Waals surface area contributed by atoms with Crippen LogP contribution >= 0.6 is 0 Å². The van der Waals surface area contributed by atoms with Crippen LogP contribution in [0.2, 0.25) is 0 Å². The first-order chi connectivity index (χ1) is 9.46. The topological polar surface area (TPSA) is 77.8 Å². The highest BCUT2D eigenvalue weighted by Gasteiger charge is 2.25. The maximum Gasteiger partial charge on any atom is 0.133 e. The van der Waals surface area contributed by atoms with Crippen LogP contribution in [0.1, 0.15) is 20.3 Å². The van der Waals surface area contributed by atoms with Gasteiger partial charge in [0.2, 0.25) is 0 Å². The fourth-order valence-corrected chi connectivity index (χ4v) is 2.38. The molecule has 1 aliphatic heterocycles. The molecule has 1 saturated heterocycles. The average molecular weight is 269 g/mol. The number of likely N-dealkylation sites (tertiary alicyclic amines) is 1. The fraction of sp³-hybridized carbons (Fsp3) is 0.533. The quantitative estimate of drug-likeness (QED) is 0.576. The number of nitrogens with zero attached hydrogens (tertiary/aromatic N) is 5. The molecule has 0 N–H and O–H groups in total. The van der Waals surface area contributed by atoms with Crippen molar-refractivity contribution in [2.45, 2.75) is 26.3 Å². The van der Waals surface area contributed by atoms with E-state index in [9.17, 15) is 5.26 Å². The zero-order valence-corrected chi connectivity index (χ0v) is 12.4. The van der Waals surface area contributed by atoms with E-state index in [1.165, 1.54) is 0 Å². The van der Waals surface area contributed by atoms with Crippen LogP contribution < -0.4 is 0 Å². The number of hydrogen-bond donors (Lipinski definition) is 0. The van der Waals surface area contributed by atoms with Gasteiger partial charge in [-0.1, -0.05) is 0 Å². The van der Waals surface area contributed by atoms with Crippen molar-refractivity contribution >= 4 is 0 Å². The summed E-state index contributed by atoms with van der Waals surface area (Å²) in [5, 5.41) is 27.2. The number of nitriles is 3. The van der Waals surface area contributed by atoms with Gasteiger partial charge in [0.1, 0.15) is 23.8 Å². The van der Waals surface area contributed by atoms with Gasteiger partial charge in [-0.3, -0.25) is 0 Å². The van der Waals surface area contributed by atoms with E-state index in [1.54, 1.807) is 6.92 Å². The second-order valence-corrected chi connectivity index (χ2v) is 5.15. The smallest absolute Gasteiger partial charge is 0.133 e. The molecule has 104 valence electrons. The molecule has 1 aliphatic rings. The van der Waals surface area contributed by atoms with Gasteiger partial charge in [0.15, 0.2) is 0 Å². The fourth-order valence-electron chi connectivity index (χ4n) is 2.38. The average Bonchev–Trinajstić information content (AvgIpc) is 2.90. The van der Waals surface area contributed by atoms with Crippen molar-refractivity contribution in [1.82, 2.24) is 9.80 Å². The van der Waals surface area contributed by atoms with E-state index in [4.69, 9.17) is 10.5 Å². The maximum absolute atomic E-state index is 9.34. The third-order valence-electron chi connectivity index (χ3n) is 3.82. The summed E-state index contributed by atoms with van der Waals surface area (Å²) >= 11 is 0. The van der Waals surface area contributed by atoms with Crippen LogP contribution in [-0.2, 0) is 0 Å². The molecular formula is C15H19N5. The highest BCUT2D eigenvalue weighted by molar-refractivity contribution is 5.54. The molecule has 0 bridgehead atoms. The zero-order valence-electron chi connectivity index (χ0n) is 12.4. The molecule has 20 heavy (non-hydrogen) atoms. The molecule has 0 aromatic heterocycles. The van der Waals surface area contributed by atoms with Gasteiger partial charge in [-0.05, 0) is 39.9 Å². The third kappa shape index (κ3) is 3.18. The van der Waals surface area contributed by atoms with Crippen molar-refractivity contribution in [3.63, 3.8) is 0 Å². The summed E-state index contributed by atoms with van der Waals surface area (Å²) in [6, 6.07) is 6.30. The Labute approximate surface area is 120 Å². The van der Waals surface area contributed by atoms with Crippen molar-refractivity contribution in [2.75, 3.05) is 27.2 Å². The van der Waals surface area contributed by atoms with E-state index >= 15 is 0 Å². The van der Waals surface area contributed by atoms with Crippen molar-refractivity contribution in [1.29, 1.82) is 15.8 Å². The summed E-state index contributed by atoms with van der Waals surface area (Å²) in [6.07, 6.45) is 1.05. The summed E-state index contributed by atoms with van der Waals surface area (Å²) in [6.45, 7) is 5.29. The number of rotatable bonds is 3. The van der Waals surface area contributed by atoms with Crippen molar-refractivity contribution in [3.05, 3.63) is 22.4 Å². The summed E-state index contributed by atoms with van der Waals surface area (Å²) in [4.78, 5) is 4.33. The Morgan fingerprint density at radius 1 is 1.10 bits per heavy atom. The van der Waals surface area contributed by atoms with Gasteiger partial charge < -0.3 is 9.80 Å². The Balaban J connectivity index is 3.12. The van der Waals surface area contributed by atoms with Gasteiger partial charge in [-0.15, -0.1) is 0 Å². The second-order valence-electron chi connectivity index (χ2n) is 5.15. The summed E-state index contributed by atoms with van der Waals surface area (Å²) < 4.78 is 0. The number of likely N-dealkylation sites (N-methyl/N-ethyl adjacent to an activating group) is 1. The minimum atomic E-state index is 0.00394. The first-order valence-electron chi connectivity index (χ1n) is 6.50. The van der Waals surface area contributed by atoms with E-state index in [0.29, 0.717) is 17.2 Å². The molecule has 0 saturated carbocycles. The molecular weight excluding hydrogens is 250 g/mol. The first-order valence-corrected chi connectivity index (χ1v) is 6.50. The van der Waals surface area contributed by atoms with E-state index in [1.807, 2.05) is 33.2 Å². The lowest BCUT2D eigenvalue weighted by Crippen LogP contribution is -2.31. The highest BCUT2D eigenvalue weighted by atomic mass is 15.2. The molecule has 1 unspecified atom stereocenters. The molecule has 0 aromatic rings. The van der Waals surface area contributed by atoms with Gasteiger partial charge in [-0.25, -0.2) is 0 Å². The number of hydrogen-bond acceptors (Lipinski definition) is 5. The predicted octanol–water partition coefficient (Wildman–Crippen LogP) is 1.78. The molecule has 1 fully saturated rings. The maximum atomic E-state index is 9.34. The van der Waals surface area contributed by atoms with Crippen molar-refractivity contribution < 1.29 is 0 Å².